The number of hydrogen-bond donors (Lipinski definition) is 1. The molecule has 0 radical (unpaired) electrons. The summed E-state index contributed by atoms with van der Waals surface area (Å²) in [7, 11) is 0. The largest absolute Gasteiger partial charge is 0.398 e. The monoisotopic (exact) mass is 174 g/mol. The first-order chi connectivity index (χ1) is 6.25. The number of nitrogens with zero attached hydrogens (tertiary/aromatic N) is 1. The minimum atomic E-state index is 0.376. The number of benzene rings is 1. The van der Waals surface area contributed by atoms with Crippen LogP contribution in [0.2, 0.25) is 0 Å². The molecule has 0 bridgehead atoms. The van der Waals surface area contributed by atoms with E-state index < -0.39 is 0 Å². The predicted octanol–water partition coefficient (Wildman–Crippen LogP) is 2.68. The molecule has 2 heteroatoms. The molecule has 0 aliphatic carbocycles. The van der Waals surface area contributed by atoms with Gasteiger partial charge in [0.1, 0.15) is 0 Å². The Bertz CT molecular complexity index is 312. The van der Waals surface area contributed by atoms with Gasteiger partial charge in [-0.25, -0.2) is 0 Å². The molecule has 0 aromatic heterocycles. The van der Waals surface area contributed by atoms with Crippen LogP contribution in [0.15, 0.2) is 24.3 Å². The molecule has 2 nitrogen and oxygen atoms in total. The van der Waals surface area contributed by atoms with E-state index in [0.29, 0.717) is 12.3 Å². The fraction of sp³-hybridized carbons (Fsp3) is 0.364. The summed E-state index contributed by atoms with van der Waals surface area (Å²) in [5.41, 5.74) is 7.79. The highest BCUT2D eigenvalue weighted by atomic mass is 14.6. The molecule has 0 amide bonds. The van der Waals surface area contributed by atoms with Crippen molar-refractivity contribution < 1.29 is 0 Å². The maximum absolute atomic E-state index is 8.45. The van der Waals surface area contributed by atoms with Crippen molar-refractivity contribution in [3.05, 3.63) is 29.8 Å². The summed E-state index contributed by atoms with van der Waals surface area (Å²) < 4.78 is 0. The maximum atomic E-state index is 8.45. The normalized spacial score (nSPS) is 12.0. The molecule has 1 atom stereocenters. The summed E-state index contributed by atoms with van der Waals surface area (Å²) in [6.45, 7) is 2.10. The number of hydrogen-bond acceptors (Lipinski definition) is 2. The van der Waals surface area contributed by atoms with Crippen molar-refractivity contribution in [3.8, 4) is 6.07 Å². The molecule has 0 aliphatic heterocycles. The molecule has 0 spiro atoms. The second kappa shape index (κ2) is 4.51. The minimum absolute atomic E-state index is 0.376. The predicted molar refractivity (Wildman–Crippen MR) is 54.1 cm³/mol. The number of para-hydroxylation sites is 1. The number of anilines is 1. The third-order valence-corrected chi connectivity index (χ3v) is 2.22. The van der Waals surface area contributed by atoms with Crippen LogP contribution >= 0.6 is 0 Å². The zero-order valence-corrected chi connectivity index (χ0v) is 7.83. The molecule has 0 fully saturated rings. The van der Waals surface area contributed by atoms with E-state index in [-0.39, 0.29) is 0 Å². The number of nitrogen functional groups attached to an aromatic ring is 1. The highest BCUT2D eigenvalue weighted by Gasteiger charge is 2.07. The SMILES string of the molecule is CC(CCC#N)c1ccccc1N. The smallest absolute Gasteiger partial charge is 0.0621 e. The van der Waals surface area contributed by atoms with E-state index in [4.69, 9.17) is 11.0 Å². The molecule has 0 saturated heterocycles. The van der Waals surface area contributed by atoms with Crippen LogP contribution < -0.4 is 5.73 Å². The third-order valence-electron chi connectivity index (χ3n) is 2.22. The van der Waals surface area contributed by atoms with E-state index in [0.717, 1.165) is 17.7 Å². The Morgan fingerprint density at radius 2 is 2.15 bits per heavy atom. The van der Waals surface area contributed by atoms with Crippen molar-refractivity contribution in [2.24, 2.45) is 0 Å². The third kappa shape index (κ3) is 2.48. The highest BCUT2D eigenvalue weighted by Crippen LogP contribution is 2.25. The quantitative estimate of drug-likeness (QED) is 0.716. The van der Waals surface area contributed by atoms with Crippen molar-refractivity contribution in [2.75, 3.05) is 5.73 Å². The van der Waals surface area contributed by atoms with Crippen LogP contribution in [0.5, 0.6) is 0 Å². The van der Waals surface area contributed by atoms with Crippen molar-refractivity contribution in [1.82, 2.24) is 0 Å². The fourth-order valence-corrected chi connectivity index (χ4v) is 1.40. The topological polar surface area (TPSA) is 49.8 Å². The molecule has 0 heterocycles. The first-order valence-corrected chi connectivity index (χ1v) is 4.47. The van der Waals surface area contributed by atoms with Gasteiger partial charge in [0.25, 0.3) is 0 Å². The van der Waals surface area contributed by atoms with Crippen LogP contribution in [0.4, 0.5) is 5.69 Å². The average molecular weight is 174 g/mol. The molecule has 0 saturated carbocycles. The van der Waals surface area contributed by atoms with E-state index in [1.54, 1.807) is 0 Å². The van der Waals surface area contributed by atoms with E-state index in [9.17, 15) is 0 Å². The summed E-state index contributed by atoms with van der Waals surface area (Å²) in [5.74, 6) is 0.376. The van der Waals surface area contributed by atoms with Crippen molar-refractivity contribution in [1.29, 1.82) is 5.26 Å². The number of nitriles is 1. The molecule has 68 valence electrons. The molecular formula is C11H14N2. The Labute approximate surface area is 79.0 Å². The van der Waals surface area contributed by atoms with Crippen LogP contribution in [0, 0.1) is 11.3 Å². The van der Waals surface area contributed by atoms with Gasteiger partial charge < -0.3 is 5.73 Å². The Balaban J connectivity index is 2.72. The Morgan fingerprint density at radius 1 is 1.46 bits per heavy atom. The lowest BCUT2D eigenvalue weighted by atomic mass is 9.95. The lowest BCUT2D eigenvalue weighted by Gasteiger charge is -2.11. The average Bonchev–Trinajstić information content (AvgIpc) is 2.15. The van der Waals surface area contributed by atoms with E-state index in [1.807, 2.05) is 24.3 Å². The fourth-order valence-electron chi connectivity index (χ4n) is 1.40. The second-order valence-electron chi connectivity index (χ2n) is 3.23. The van der Waals surface area contributed by atoms with Gasteiger partial charge in [-0.05, 0) is 24.0 Å². The molecule has 1 aromatic rings. The summed E-state index contributed by atoms with van der Waals surface area (Å²) in [5, 5.41) is 8.45. The van der Waals surface area contributed by atoms with Gasteiger partial charge in [-0.1, -0.05) is 25.1 Å². The van der Waals surface area contributed by atoms with Gasteiger partial charge >= 0.3 is 0 Å². The van der Waals surface area contributed by atoms with Gasteiger partial charge in [-0.3, -0.25) is 0 Å². The van der Waals surface area contributed by atoms with Crippen LogP contribution in [-0.4, -0.2) is 0 Å². The summed E-state index contributed by atoms with van der Waals surface area (Å²) in [6.07, 6.45) is 1.47. The Hall–Kier alpha value is -1.49. The molecule has 1 rings (SSSR count). The molecule has 1 unspecified atom stereocenters. The Kier molecular flexibility index (Phi) is 3.33. The van der Waals surface area contributed by atoms with Gasteiger partial charge in [-0.2, -0.15) is 5.26 Å². The van der Waals surface area contributed by atoms with Crippen LogP contribution in [0.25, 0.3) is 0 Å². The van der Waals surface area contributed by atoms with Crippen molar-refractivity contribution in [2.45, 2.75) is 25.7 Å². The highest BCUT2D eigenvalue weighted by molar-refractivity contribution is 5.48. The summed E-state index contributed by atoms with van der Waals surface area (Å²) in [6, 6.07) is 9.98. The minimum Gasteiger partial charge on any atom is -0.398 e. The summed E-state index contributed by atoms with van der Waals surface area (Å²) in [4.78, 5) is 0. The first-order valence-electron chi connectivity index (χ1n) is 4.47. The zero-order chi connectivity index (χ0) is 9.68. The second-order valence-corrected chi connectivity index (χ2v) is 3.23. The molecule has 0 aliphatic rings. The lowest BCUT2D eigenvalue weighted by molar-refractivity contribution is 0.697. The van der Waals surface area contributed by atoms with Crippen molar-refractivity contribution in [3.63, 3.8) is 0 Å². The van der Waals surface area contributed by atoms with Gasteiger partial charge in [0.2, 0.25) is 0 Å². The molecule has 1 aromatic carbocycles. The van der Waals surface area contributed by atoms with Gasteiger partial charge in [-0.15, -0.1) is 0 Å². The first kappa shape index (κ1) is 9.60. The molecule has 13 heavy (non-hydrogen) atoms. The number of nitrogens with two attached hydrogens (primary N) is 1. The van der Waals surface area contributed by atoms with Crippen LogP contribution in [0.3, 0.4) is 0 Å². The van der Waals surface area contributed by atoms with Gasteiger partial charge in [0.05, 0.1) is 6.07 Å². The molecule has 2 N–H and O–H groups in total. The van der Waals surface area contributed by atoms with E-state index in [2.05, 4.69) is 13.0 Å². The molecular weight excluding hydrogens is 160 g/mol. The van der Waals surface area contributed by atoms with E-state index in [1.165, 1.54) is 0 Å². The van der Waals surface area contributed by atoms with Crippen LogP contribution in [-0.2, 0) is 0 Å². The zero-order valence-electron chi connectivity index (χ0n) is 7.83. The lowest BCUT2D eigenvalue weighted by Crippen LogP contribution is -1.98. The van der Waals surface area contributed by atoms with Crippen molar-refractivity contribution >= 4 is 5.69 Å². The number of rotatable bonds is 3. The van der Waals surface area contributed by atoms with Gasteiger partial charge in [0, 0.05) is 12.1 Å². The standard InChI is InChI=1S/C11H14N2/c1-9(5-4-8-12)10-6-2-3-7-11(10)13/h2-3,6-7,9H,4-5,13H2,1H3. The maximum Gasteiger partial charge on any atom is 0.0621 e. The Morgan fingerprint density at radius 3 is 2.77 bits per heavy atom. The van der Waals surface area contributed by atoms with E-state index >= 15 is 0 Å². The summed E-state index contributed by atoms with van der Waals surface area (Å²) >= 11 is 0. The van der Waals surface area contributed by atoms with Crippen LogP contribution in [0.1, 0.15) is 31.2 Å². The van der Waals surface area contributed by atoms with Gasteiger partial charge in [0.15, 0.2) is 0 Å².